The van der Waals surface area contributed by atoms with Gasteiger partial charge in [0.15, 0.2) is 0 Å². The third-order valence-corrected chi connectivity index (χ3v) is 17.1. The largest absolute Gasteiger partial charge is 0.379 e. The average Bonchev–Trinajstić information content (AvgIpc) is 3.78. The van der Waals surface area contributed by atoms with E-state index in [1.807, 2.05) is 37.6 Å². The summed E-state index contributed by atoms with van der Waals surface area (Å²) in [7, 11) is 0. The lowest BCUT2D eigenvalue weighted by Crippen LogP contribution is -2.36. The Morgan fingerprint density at radius 3 is 1.42 bits per heavy atom. The molecule has 1 aliphatic carbocycles. The summed E-state index contributed by atoms with van der Waals surface area (Å²) in [5.41, 5.74) is 5.40. The molecule has 4 fully saturated rings. The van der Waals surface area contributed by atoms with Crippen LogP contribution in [0.1, 0.15) is 141 Å². The van der Waals surface area contributed by atoms with Gasteiger partial charge in [0.1, 0.15) is 17.5 Å². The number of hydrogen-bond donors (Lipinski definition) is 3. The van der Waals surface area contributed by atoms with Gasteiger partial charge in [-0.2, -0.15) is 0 Å². The molecule has 71 heavy (non-hydrogen) atoms. The van der Waals surface area contributed by atoms with Crippen LogP contribution in [-0.4, -0.2) is 126 Å². The van der Waals surface area contributed by atoms with Gasteiger partial charge >= 0.3 is 0 Å². The number of pyridine rings is 3. The summed E-state index contributed by atoms with van der Waals surface area (Å²) in [4.78, 5) is 63.4. The molecule has 15 heteroatoms. The van der Waals surface area contributed by atoms with E-state index in [0.717, 1.165) is 101 Å². The topological polar surface area (TPSA) is 163 Å². The SMILES string of the molecule is CCC(C)(CCCc1cnc(NC(=O)C(C)(CC)CCc2cnc(NC(=O)C3C(C)(C)C3(C)C)cc2CN2CCOCC2)cc1CN1CCOCC1)C(=O)Nc1cc(CN2CCOCC2)c(C(C)C)cn1. The quantitative estimate of drug-likeness (QED) is 0.0882. The van der Waals surface area contributed by atoms with Gasteiger partial charge in [0.2, 0.25) is 17.7 Å². The van der Waals surface area contributed by atoms with Gasteiger partial charge in [0.25, 0.3) is 0 Å². The number of aryl methyl sites for hydroxylation is 2. The summed E-state index contributed by atoms with van der Waals surface area (Å²) in [5, 5.41) is 9.57. The first-order valence-corrected chi connectivity index (χ1v) is 26.6. The van der Waals surface area contributed by atoms with Crippen LogP contribution in [0.2, 0.25) is 0 Å². The van der Waals surface area contributed by atoms with Gasteiger partial charge in [0, 0.05) is 94.2 Å². The summed E-state index contributed by atoms with van der Waals surface area (Å²) in [6.45, 7) is 32.8. The van der Waals surface area contributed by atoms with Crippen LogP contribution in [0.5, 0.6) is 0 Å². The normalized spacial score (nSPS) is 20.5. The van der Waals surface area contributed by atoms with E-state index in [0.29, 0.717) is 88.4 Å². The highest BCUT2D eigenvalue weighted by atomic mass is 16.5. The Labute approximate surface area is 424 Å². The number of carbonyl (C=O) groups is 3. The number of amides is 3. The van der Waals surface area contributed by atoms with Crippen molar-refractivity contribution in [1.82, 2.24) is 29.7 Å². The van der Waals surface area contributed by atoms with Crippen LogP contribution in [0.25, 0.3) is 0 Å². The molecule has 3 aromatic rings. The first-order chi connectivity index (χ1) is 33.9. The summed E-state index contributed by atoms with van der Waals surface area (Å²) < 4.78 is 16.9. The van der Waals surface area contributed by atoms with Crippen molar-refractivity contribution in [2.24, 2.45) is 27.6 Å². The molecule has 0 radical (unpaired) electrons. The van der Waals surface area contributed by atoms with Gasteiger partial charge in [-0.05, 0) is 113 Å². The van der Waals surface area contributed by atoms with Crippen LogP contribution >= 0.6 is 0 Å². The van der Waals surface area contributed by atoms with Crippen molar-refractivity contribution >= 4 is 35.2 Å². The monoisotopic (exact) mass is 980 g/mol. The Kier molecular flexibility index (Phi) is 18.1. The predicted octanol–water partition coefficient (Wildman–Crippen LogP) is 8.48. The first-order valence-electron chi connectivity index (χ1n) is 26.6. The van der Waals surface area contributed by atoms with Crippen LogP contribution in [0.3, 0.4) is 0 Å². The predicted molar refractivity (Wildman–Crippen MR) is 280 cm³/mol. The second-order valence-electron chi connectivity index (χ2n) is 22.7. The summed E-state index contributed by atoms with van der Waals surface area (Å²) in [5.74, 6) is 1.88. The van der Waals surface area contributed by atoms with E-state index in [2.05, 4.69) is 99.0 Å². The number of nitrogens with one attached hydrogen (secondary N) is 3. The summed E-state index contributed by atoms with van der Waals surface area (Å²) in [6, 6.07) is 6.14. The third kappa shape index (κ3) is 13.4. The zero-order valence-electron chi connectivity index (χ0n) is 44.8. The number of hydrogen-bond acceptors (Lipinski definition) is 12. The van der Waals surface area contributed by atoms with E-state index >= 15 is 0 Å². The lowest BCUT2D eigenvalue weighted by molar-refractivity contribution is -0.126. The molecule has 0 bridgehead atoms. The smallest absolute Gasteiger partial charge is 0.231 e. The molecule has 0 spiro atoms. The second kappa shape index (κ2) is 23.7. The molecule has 15 nitrogen and oxygen atoms in total. The highest BCUT2D eigenvalue weighted by Crippen LogP contribution is 2.68. The number of ether oxygens (including phenoxy) is 3. The first kappa shape index (κ1) is 54.4. The Balaban J connectivity index is 1.01. The number of rotatable bonds is 22. The Morgan fingerprint density at radius 1 is 0.592 bits per heavy atom. The zero-order chi connectivity index (χ0) is 51.0. The van der Waals surface area contributed by atoms with E-state index in [1.165, 1.54) is 11.1 Å². The van der Waals surface area contributed by atoms with Crippen molar-refractivity contribution in [3.63, 3.8) is 0 Å². The molecular formula is C56H85N9O6. The van der Waals surface area contributed by atoms with Gasteiger partial charge in [-0.15, -0.1) is 0 Å². The minimum absolute atomic E-state index is 0.0117. The standard InChI is InChI=1S/C56H85N9O6/c1-11-55(9,51(67)62-48-32-44(45(35-59-48)39(3)4)38-65-22-28-71-29-23-65)16-13-14-40-33-58-47(31-42(40)36-63-18-24-69-25-19-63)61-52(68)56(10,12-2)17-15-41-34-57-46(30-43(41)37-64-20-26-70-27-21-64)60-50(66)49-53(5,6)54(49,7)8/h30-35,39,49H,11-29,36-38H2,1-10H3,(H,57,60,66)(H,58,61,68)(H,59,62,67). The summed E-state index contributed by atoms with van der Waals surface area (Å²) >= 11 is 0. The molecule has 3 amide bonds. The fourth-order valence-corrected chi connectivity index (χ4v) is 10.7. The Bertz CT molecular complexity index is 2290. The molecule has 3 aliphatic heterocycles. The number of aromatic nitrogens is 3. The van der Waals surface area contributed by atoms with Gasteiger partial charge in [-0.3, -0.25) is 29.1 Å². The van der Waals surface area contributed by atoms with Crippen molar-refractivity contribution in [2.45, 2.75) is 140 Å². The zero-order valence-corrected chi connectivity index (χ0v) is 44.8. The van der Waals surface area contributed by atoms with Crippen molar-refractivity contribution in [2.75, 3.05) is 94.9 Å². The minimum Gasteiger partial charge on any atom is -0.379 e. The molecule has 7 rings (SSSR count). The van der Waals surface area contributed by atoms with E-state index < -0.39 is 10.8 Å². The van der Waals surface area contributed by atoms with E-state index in [-0.39, 0.29) is 34.5 Å². The number of nitrogens with zero attached hydrogens (tertiary/aromatic N) is 6. The maximum Gasteiger partial charge on any atom is 0.231 e. The van der Waals surface area contributed by atoms with Crippen molar-refractivity contribution in [3.8, 4) is 0 Å². The molecule has 3 aromatic heterocycles. The van der Waals surface area contributed by atoms with Crippen molar-refractivity contribution in [3.05, 3.63) is 70.2 Å². The van der Waals surface area contributed by atoms with Gasteiger partial charge in [-0.1, -0.05) is 69.2 Å². The number of carbonyl (C=O) groups excluding carboxylic acids is 3. The molecule has 390 valence electrons. The Hall–Kier alpha value is -4.38. The van der Waals surface area contributed by atoms with Gasteiger partial charge in [0.05, 0.1) is 39.6 Å². The summed E-state index contributed by atoms with van der Waals surface area (Å²) in [6.07, 6.45) is 10.6. The van der Waals surface area contributed by atoms with E-state index in [1.54, 1.807) is 0 Å². The van der Waals surface area contributed by atoms with Crippen LogP contribution in [0, 0.1) is 27.6 Å². The lowest BCUT2D eigenvalue weighted by atomic mass is 9.80. The molecule has 1 saturated carbocycles. The third-order valence-electron chi connectivity index (χ3n) is 17.1. The highest BCUT2D eigenvalue weighted by molar-refractivity contribution is 5.96. The molecule has 6 heterocycles. The minimum atomic E-state index is -0.682. The maximum absolute atomic E-state index is 14.4. The van der Waals surface area contributed by atoms with Crippen LogP contribution in [0.4, 0.5) is 17.5 Å². The van der Waals surface area contributed by atoms with Crippen molar-refractivity contribution in [1.29, 1.82) is 0 Å². The number of anilines is 3. The van der Waals surface area contributed by atoms with E-state index in [9.17, 15) is 14.4 Å². The second-order valence-corrected chi connectivity index (χ2v) is 22.7. The fraction of sp³-hybridized carbons (Fsp3) is 0.679. The van der Waals surface area contributed by atoms with Gasteiger partial charge < -0.3 is 30.2 Å². The fourth-order valence-electron chi connectivity index (χ4n) is 10.7. The van der Waals surface area contributed by atoms with Crippen LogP contribution < -0.4 is 16.0 Å². The van der Waals surface area contributed by atoms with E-state index in [4.69, 9.17) is 29.2 Å². The highest BCUT2D eigenvalue weighted by Gasteiger charge is 2.68. The molecule has 0 aromatic carbocycles. The van der Waals surface area contributed by atoms with Crippen molar-refractivity contribution < 1.29 is 28.6 Å². The Morgan fingerprint density at radius 2 is 0.986 bits per heavy atom. The van der Waals surface area contributed by atoms with Crippen LogP contribution in [0.15, 0.2) is 36.8 Å². The molecule has 4 aliphatic rings. The maximum atomic E-state index is 14.4. The lowest BCUT2D eigenvalue weighted by Gasteiger charge is -2.30. The average molecular weight is 980 g/mol. The van der Waals surface area contributed by atoms with Gasteiger partial charge in [-0.25, -0.2) is 15.0 Å². The van der Waals surface area contributed by atoms with Crippen LogP contribution in [-0.2, 0) is 61.1 Å². The molecule has 2 unspecified atom stereocenters. The number of morpholine rings is 3. The molecule has 3 saturated heterocycles. The molecule has 3 N–H and O–H groups in total. The molecular weight excluding hydrogens is 895 g/mol. The molecule has 2 atom stereocenters.